The van der Waals surface area contributed by atoms with Crippen molar-refractivity contribution in [3.63, 3.8) is 0 Å². The molecule has 1 fully saturated rings. The molecule has 1 saturated heterocycles. The van der Waals surface area contributed by atoms with Crippen LogP contribution in [0.15, 0.2) is 24.3 Å². The van der Waals surface area contributed by atoms with Crippen LogP contribution in [0.4, 0.5) is 0 Å². The maximum absolute atomic E-state index is 5.76. The monoisotopic (exact) mass is 234 g/mol. The minimum absolute atomic E-state index is 0.184. The second kappa shape index (κ2) is 5.63. The zero-order chi connectivity index (χ0) is 12.3. The lowest BCUT2D eigenvalue weighted by atomic mass is 10.1. The number of hydrogen-bond donors (Lipinski definition) is 1. The highest BCUT2D eigenvalue weighted by molar-refractivity contribution is 5.22. The number of nitrogens with two attached hydrogens (primary N) is 1. The van der Waals surface area contributed by atoms with Crippen molar-refractivity contribution in [3.8, 4) is 0 Å². The van der Waals surface area contributed by atoms with Crippen molar-refractivity contribution in [1.82, 2.24) is 4.90 Å². The fourth-order valence-electron chi connectivity index (χ4n) is 2.47. The highest BCUT2D eigenvalue weighted by Gasteiger charge is 2.23. The molecule has 0 aromatic heterocycles. The quantitative estimate of drug-likeness (QED) is 0.862. The molecule has 0 aliphatic carbocycles. The number of ether oxygens (including phenoxy) is 1. The van der Waals surface area contributed by atoms with E-state index in [1.165, 1.54) is 11.1 Å². The molecule has 2 unspecified atom stereocenters. The molecule has 3 heteroatoms. The van der Waals surface area contributed by atoms with Gasteiger partial charge in [0.2, 0.25) is 0 Å². The summed E-state index contributed by atoms with van der Waals surface area (Å²) in [5.74, 6) is 0. The summed E-state index contributed by atoms with van der Waals surface area (Å²) in [5, 5.41) is 0. The number of rotatable bonds is 3. The van der Waals surface area contributed by atoms with Gasteiger partial charge in [0.05, 0.1) is 12.2 Å². The van der Waals surface area contributed by atoms with Crippen LogP contribution in [-0.4, -0.2) is 36.7 Å². The molecule has 0 amide bonds. The Hall–Kier alpha value is -0.900. The third-order valence-corrected chi connectivity index (χ3v) is 3.15. The summed E-state index contributed by atoms with van der Waals surface area (Å²) in [5.41, 5.74) is 8.38. The van der Waals surface area contributed by atoms with E-state index < -0.39 is 0 Å². The number of hydrogen-bond acceptors (Lipinski definition) is 3. The average molecular weight is 234 g/mol. The molecule has 2 rings (SSSR count). The van der Waals surface area contributed by atoms with Crippen molar-refractivity contribution in [1.29, 1.82) is 0 Å². The lowest BCUT2D eigenvalue weighted by Gasteiger charge is -2.36. The van der Waals surface area contributed by atoms with E-state index in [1.54, 1.807) is 0 Å². The number of morpholine rings is 1. The predicted molar refractivity (Wildman–Crippen MR) is 69.8 cm³/mol. The van der Waals surface area contributed by atoms with E-state index in [0.29, 0.717) is 6.54 Å². The smallest absolute Gasteiger partial charge is 0.0828 e. The summed E-state index contributed by atoms with van der Waals surface area (Å²) in [6, 6.07) is 8.69. The summed E-state index contributed by atoms with van der Waals surface area (Å²) >= 11 is 0. The fraction of sp³-hybridized carbons (Fsp3) is 0.571. The largest absolute Gasteiger partial charge is 0.371 e. The summed E-state index contributed by atoms with van der Waals surface area (Å²) in [6.07, 6.45) is 0.464. The summed E-state index contributed by atoms with van der Waals surface area (Å²) < 4.78 is 5.76. The molecule has 1 aliphatic heterocycles. The summed E-state index contributed by atoms with van der Waals surface area (Å²) in [4.78, 5) is 2.43. The maximum atomic E-state index is 5.76. The van der Waals surface area contributed by atoms with Gasteiger partial charge in [-0.2, -0.15) is 0 Å². The van der Waals surface area contributed by atoms with Gasteiger partial charge in [-0.15, -0.1) is 0 Å². The Bertz CT molecular complexity index is 367. The normalized spacial score (nSPS) is 26.1. The molecule has 1 aromatic rings. The molecule has 94 valence electrons. The summed E-state index contributed by atoms with van der Waals surface area (Å²) in [6.45, 7) is 7.78. The highest BCUT2D eigenvalue weighted by Crippen LogP contribution is 2.14. The topological polar surface area (TPSA) is 38.5 Å². The second-order valence-electron chi connectivity index (χ2n) is 4.99. The Morgan fingerprint density at radius 3 is 2.94 bits per heavy atom. The van der Waals surface area contributed by atoms with Crippen LogP contribution in [0, 0.1) is 6.92 Å². The molecular formula is C14H22N2O. The van der Waals surface area contributed by atoms with Crippen molar-refractivity contribution < 1.29 is 4.74 Å². The van der Waals surface area contributed by atoms with Gasteiger partial charge in [0.15, 0.2) is 0 Å². The van der Waals surface area contributed by atoms with Crippen molar-refractivity contribution in [2.75, 3.05) is 19.6 Å². The second-order valence-corrected chi connectivity index (χ2v) is 4.99. The SMILES string of the molecule is Cc1cccc(CN2CC(C)OC(CN)C2)c1. The lowest BCUT2D eigenvalue weighted by Crippen LogP contribution is -2.48. The van der Waals surface area contributed by atoms with E-state index in [1.807, 2.05) is 0 Å². The molecule has 0 spiro atoms. The zero-order valence-electron chi connectivity index (χ0n) is 10.7. The fourth-order valence-corrected chi connectivity index (χ4v) is 2.47. The maximum Gasteiger partial charge on any atom is 0.0828 e. The molecular weight excluding hydrogens is 212 g/mol. The molecule has 2 atom stereocenters. The van der Waals surface area contributed by atoms with E-state index in [9.17, 15) is 0 Å². The number of aryl methyl sites for hydroxylation is 1. The number of nitrogens with zero attached hydrogens (tertiary/aromatic N) is 1. The van der Waals surface area contributed by atoms with Gasteiger partial charge < -0.3 is 10.5 Å². The Labute approximate surface area is 104 Å². The van der Waals surface area contributed by atoms with E-state index >= 15 is 0 Å². The van der Waals surface area contributed by atoms with Crippen molar-refractivity contribution in [2.45, 2.75) is 32.6 Å². The van der Waals surface area contributed by atoms with Crippen molar-refractivity contribution >= 4 is 0 Å². The first-order chi connectivity index (χ1) is 8.17. The third kappa shape index (κ3) is 3.53. The van der Waals surface area contributed by atoms with Gasteiger partial charge in [-0.25, -0.2) is 0 Å². The van der Waals surface area contributed by atoms with Crippen LogP contribution in [0.1, 0.15) is 18.1 Å². The molecule has 17 heavy (non-hydrogen) atoms. The Morgan fingerprint density at radius 1 is 1.41 bits per heavy atom. The van der Waals surface area contributed by atoms with Gasteiger partial charge in [-0.05, 0) is 19.4 Å². The highest BCUT2D eigenvalue weighted by atomic mass is 16.5. The van der Waals surface area contributed by atoms with Crippen LogP contribution < -0.4 is 5.73 Å². The van der Waals surface area contributed by atoms with E-state index in [4.69, 9.17) is 10.5 Å². The Morgan fingerprint density at radius 2 is 2.24 bits per heavy atom. The molecule has 3 nitrogen and oxygen atoms in total. The minimum atomic E-state index is 0.184. The number of benzene rings is 1. The molecule has 1 aliphatic rings. The first-order valence-electron chi connectivity index (χ1n) is 6.31. The predicted octanol–water partition coefficient (Wildman–Crippen LogP) is 1.54. The van der Waals surface area contributed by atoms with E-state index in [0.717, 1.165) is 19.6 Å². The van der Waals surface area contributed by atoms with Crippen LogP contribution in [0.25, 0.3) is 0 Å². The van der Waals surface area contributed by atoms with Crippen LogP contribution in [0.2, 0.25) is 0 Å². The van der Waals surface area contributed by atoms with E-state index in [-0.39, 0.29) is 12.2 Å². The van der Waals surface area contributed by atoms with Crippen LogP contribution in [0.3, 0.4) is 0 Å². The molecule has 0 saturated carbocycles. The van der Waals surface area contributed by atoms with Crippen molar-refractivity contribution in [2.24, 2.45) is 5.73 Å². The standard InChI is InChI=1S/C14H22N2O/c1-11-4-3-5-13(6-11)9-16-8-12(2)17-14(7-15)10-16/h3-6,12,14H,7-10,15H2,1-2H3. The van der Waals surface area contributed by atoms with Gasteiger partial charge in [0, 0.05) is 26.2 Å². The molecule has 0 bridgehead atoms. The van der Waals surface area contributed by atoms with Gasteiger partial charge in [-0.3, -0.25) is 4.90 Å². The Balaban J connectivity index is 1.98. The van der Waals surface area contributed by atoms with Crippen LogP contribution in [-0.2, 0) is 11.3 Å². The van der Waals surface area contributed by atoms with Gasteiger partial charge >= 0.3 is 0 Å². The van der Waals surface area contributed by atoms with E-state index in [2.05, 4.69) is 43.0 Å². The van der Waals surface area contributed by atoms with Crippen LogP contribution >= 0.6 is 0 Å². The molecule has 1 aromatic carbocycles. The third-order valence-electron chi connectivity index (χ3n) is 3.15. The molecule has 2 N–H and O–H groups in total. The minimum Gasteiger partial charge on any atom is -0.371 e. The Kier molecular flexibility index (Phi) is 4.15. The van der Waals surface area contributed by atoms with Crippen molar-refractivity contribution in [3.05, 3.63) is 35.4 Å². The summed E-state index contributed by atoms with van der Waals surface area (Å²) in [7, 11) is 0. The van der Waals surface area contributed by atoms with Gasteiger partial charge in [-0.1, -0.05) is 29.8 Å². The average Bonchev–Trinajstić information content (AvgIpc) is 2.28. The van der Waals surface area contributed by atoms with Gasteiger partial charge in [0.1, 0.15) is 0 Å². The lowest BCUT2D eigenvalue weighted by molar-refractivity contribution is -0.0745. The van der Waals surface area contributed by atoms with Gasteiger partial charge in [0.25, 0.3) is 0 Å². The molecule has 0 radical (unpaired) electrons. The molecule has 1 heterocycles. The van der Waals surface area contributed by atoms with Crippen LogP contribution in [0.5, 0.6) is 0 Å². The first kappa shape index (κ1) is 12.6. The zero-order valence-corrected chi connectivity index (χ0v) is 10.7. The first-order valence-corrected chi connectivity index (χ1v) is 6.31.